The number of rotatable bonds is 5. The van der Waals surface area contributed by atoms with Gasteiger partial charge in [0.2, 0.25) is 5.78 Å². The third-order valence-electron chi connectivity index (χ3n) is 3.87. The highest BCUT2D eigenvalue weighted by atomic mass is 35.5. The lowest BCUT2D eigenvalue weighted by Gasteiger charge is -2.14. The number of nitrogens with one attached hydrogen (secondary N) is 1. The summed E-state index contributed by atoms with van der Waals surface area (Å²) >= 11 is 17.3. The van der Waals surface area contributed by atoms with Crippen LogP contribution in [0.1, 0.15) is 21.6 Å². The predicted octanol–water partition coefficient (Wildman–Crippen LogP) is 5.49. The van der Waals surface area contributed by atoms with Gasteiger partial charge in [-0.25, -0.2) is 18.4 Å². The second kappa shape index (κ2) is 8.62. The molecule has 3 aromatic rings. The lowest BCUT2D eigenvalue weighted by molar-refractivity contribution is -0.137. The summed E-state index contributed by atoms with van der Waals surface area (Å²) in [6.07, 6.45) is -2.43. The van der Waals surface area contributed by atoms with Crippen molar-refractivity contribution in [1.29, 1.82) is 0 Å². The minimum Gasteiger partial charge on any atom is -0.287 e. The van der Waals surface area contributed by atoms with Gasteiger partial charge in [0.25, 0.3) is 10.0 Å². The highest BCUT2D eigenvalue weighted by molar-refractivity contribution is 7.92. The molecule has 0 saturated carbocycles. The van der Waals surface area contributed by atoms with Crippen molar-refractivity contribution in [1.82, 2.24) is 9.97 Å². The minimum atomic E-state index is -4.88. The van der Waals surface area contributed by atoms with E-state index in [1.165, 1.54) is 18.3 Å². The Kier molecular flexibility index (Phi) is 6.47. The van der Waals surface area contributed by atoms with E-state index in [4.69, 9.17) is 34.8 Å². The van der Waals surface area contributed by atoms with E-state index in [-0.39, 0.29) is 27.1 Å². The fraction of sp³-hybridized carbons (Fsp3) is 0.0556. The van der Waals surface area contributed by atoms with Gasteiger partial charge in [-0.3, -0.25) is 9.52 Å². The Morgan fingerprint density at radius 3 is 2.39 bits per heavy atom. The summed E-state index contributed by atoms with van der Waals surface area (Å²) in [6.45, 7) is 0. The van der Waals surface area contributed by atoms with Crippen LogP contribution in [0.15, 0.2) is 53.7 Å². The van der Waals surface area contributed by atoms with Crippen LogP contribution in [0.2, 0.25) is 15.2 Å². The Morgan fingerprint density at radius 2 is 1.74 bits per heavy atom. The van der Waals surface area contributed by atoms with Gasteiger partial charge in [0.05, 0.1) is 31.8 Å². The predicted molar refractivity (Wildman–Crippen MR) is 109 cm³/mol. The molecule has 0 saturated heterocycles. The lowest BCUT2D eigenvalue weighted by atomic mass is 10.1. The van der Waals surface area contributed by atoms with Crippen LogP contribution in [0.3, 0.4) is 0 Å². The van der Waals surface area contributed by atoms with Crippen molar-refractivity contribution in [2.75, 3.05) is 4.72 Å². The molecule has 0 spiro atoms. The van der Waals surface area contributed by atoms with Gasteiger partial charge in [0.15, 0.2) is 0 Å². The molecule has 6 nitrogen and oxygen atoms in total. The van der Waals surface area contributed by atoms with E-state index < -0.39 is 37.5 Å². The number of halogens is 6. The van der Waals surface area contributed by atoms with Crippen LogP contribution in [-0.2, 0) is 16.2 Å². The molecule has 2 aromatic heterocycles. The Labute approximate surface area is 189 Å². The number of hydrogen-bond acceptors (Lipinski definition) is 5. The summed E-state index contributed by atoms with van der Waals surface area (Å²) in [4.78, 5) is 19.7. The van der Waals surface area contributed by atoms with E-state index >= 15 is 0 Å². The van der Waals surface area contributed by atoms with Crippen LogP contribution < -0.4 is 4.72 Å². The molecule has 0 bridgehead atoms. The number of aromatic nitrogens is 2. The first-order valence-electron chi connectivity index (χ1n) is 8.10. The number of sulfonamides is 1. The van der Waals surface area contributed by atoms with E-state index in [1.54, 1.807) is 0 Å². The number of alkyl halides is 3. The van der Waals surface area contributed by atoms with Gasteiger partial charge < -0.3 is 0 Å². The summed E-state index contributed by atoms with van der Waals surface area (Å²) in [7, 11) is -4.59. The number of nitrogens with zero attached hydrogens (tertiary/aromatic N) is 2. The number of ketones is 1. The minimum absolute atomic E-state index is 0.0291. The smallest absolute Gasteiger partial charge is 0.287 e. The number of pyridine rings is 2. The van der Waals surface area contributed by atoms with Gasteiger partial charge in [-0.1, -0.05) is 34.8 Å². The largest absolute Gasteiger partial charge is 0.417 e. The van der Waals surface area contributed by atoms with Crippen LogP contribution in [0.4, 0.5) is 18.9 Å². The summed E-state index contributed by atoms with van der Waals surface area (Å²) in [5.41, 5.74) is -2.14. The molecule has 0 amide bonds. The third-order valence-corrected chi connectivity index (χ3v) is 6.07. The highest BCUT2D eigenvalue weighted by Gasteiger charge is 2.34. The van der Waals surface area contributed by atoms with Crippen molar-refractivity contribution in [3.05, 3.63) is 80.8 Å². The molecule has 2 heterocycles. The Morgan fingerprint density at radius 1 is 1.03 bits per heavy atom. The van der Waals surface area contributed by atoms with Crippen molar-refractivity contribution in [3.8, 4) is 0 Å². The summed E-state index contributed by atoms with van der Waals surface area (Å²) in [5.74, 6) is -0.778. The lowest BCUT2D eigenvalue weighted by Crippen LogP contribution is -2.18. The first-order valence-corrected chi connectivity index (χ1v) is 10.7. The van der Waals surface area contributed by atoms with Crippen molar-refractivity contribution in [2.45, 2.75) is 11.1 Å². The van der Waals surface area contributed by atoms with Gasteiger partial charge in [-0.2, -0.15) is 13.2 Å². The van der Waals surface area contributed by atoms with E-state index in [2.05, 4.69) is 9.97 Å². The Balaban J connectivity index is 2.06. The molecule has 0 atom stereocenters. The zero-order valence-corrected chi connectivity index (χ0v) is 18.0. The van der Waals surface area contributed by atoms with E-state index in [0.717, 1.165) is 24.4 Å². The molecule has 1 aromatic carbocycles. The number of carbonyl (C=O) groups excluding carboxylic acids is 1. The normalized spacial score (nSPS) is 11.9. The van der Waals surface area contributed by atoms with E-state index in [0.29, 0.717) is 6.07 Å². The van der Waals surface area contributed by atoms with Crippen molar-refractivity contribution < 1.29 is 26.4 Å². The standard InChI is InChI=1S/C18H9Cl3F3N3O3S/c19-9-6-14(15(26-8-9)16(28)11-2-1-5-25-17(11)21)27-31(29,30)10-3-4-13(20)12(7-10)18(22,23)24/h1-8,27H. The van der Waals surface area contributed by atoms with Gasteiger partial charge >= 0.3 is 6.18 Å². The second-order valence-electron chi connectivity index (χ2n) is 5.97. The number of anilines is 1. The first-order chi connectivity index (χ1) is 14.4. The second-order valence-corrected chi connectivity index (χ2v) is 8.85. The molecule has 31 heavy (non-hydrogen) atoms. The van der Waals surface area contributed by atoms with Crippen LogP contribution in [0.25, 0.3) is 0 Å². The third kappa shape index (κ3) is 5.09. The molecular formula is C18H9Cl3F3N3O3S. The molecule has 13 heteroatoms. The molecular weight excluding hydrogens is 502 g/mol. The Hall–Kier alpha value is -2.40. The first kappa shape index (κ1) is 23.3. The maximum absolute atomic E-state index is 13.1. The van der Waals surface area contributed by atoms with Gasteiger partial charge in [0, 0.05) is 12.4 Å². The van der Waals surface area contributed by atoms with Gasteiger partial charge in [-0.15, -0.1) is 0 Å². The summed E-state index contributed by atoms with van der Waals surface area (Å²) in [5, 5.41) is -0.845. The van der Waals surface area contributed by atoms with Crippen LogP contribution in [0.5, 0.6) is 0 Å². The van der Waals surface area contributed by atoms with Gasteiger partial charge in [-0.05, 0) is 36.4 Å². The topological polar surface area (TPSA) is 89.0 Å². The maximum Gasteiger partial charge on any atom is 0.417 e. The number of carbonyl (C=O) groups is 1. The average Bonchev–Trinajstić information content (AvgIpc) is 2.67. The molecule has 1 N–H and O–H groups in total. The summed E-state index contributed by atoms with van der Waals surface area (Å²) < 4.78 is 66.8. The monoisotopic (exact) mass is 509 g/mol. The van der Waals surface area contributed by atoms with E-state index in [1.807, 2.05) is 4.72 Å². The molecule has 0 fully saturated rings. The fourth-order valence-electron chi connectivity index (χ4n) is 2.47. The van der Waals surface area contributed by atoms with Crippen molar-refractivity contribution in [3.63, 3.8) is 0 Å². The molecule has 3 rings (SSSR count). The molecule has 0 aliphatic rings. The molecule has 0 radical (unpaired) electrons. The number of hydrogen-bond donors (Lipinski definition) is 1. The molecule has 0 aliphatic heterocycles. The highest BCUT2D eigenvalue weighted by Crippen LogP contribution is 2.36. The van der Waals surface area contributed by atoms with Crippen LogP contribution >= 0.6 is 34.8 Å². The van der Waals surface area contributed by atoms with Crippen LogP contribution in [0, 0.1) is 0 Å². The summed E-state index contributed by atoms with van der Waals surface area (Å²) in [6, 6.07) is 5.94. The van der Waals surface area contributed by atoms with Gasteiger partial charge in [0.1, 0.15) is 10.8 Å². The molecule has 162 valence electrons. The Bertz CT molecular complexity index is 1280. The quantitative estimate of drug-likeness (QED) is 0.362. The SMILES string of the molecule is O=C(c1cccnc1Cl)c1ncc(Cl)cc1NS(=O)(=O)c1ccc(Cl)c(C(F)(F)F)c1. The maximum atomic E-state index is 13.1. The fourth-order valence-corrected chi connectivity index (χ4v) is 4.14. The van der Waals surface area contributed by atoms with Crippen molar-refractivity contribution in [2.24, 2.45) is 0 Å². The van der Waals surface area contributed by atoms with Crippen LogP contribution in [-0.4, -0.2) is 24.2 Å². The molecule has 0 unspecified atom stereocenters. The average molecular weight is 511 g/mol. The zero-order valence-electron chi connectivity index (χ0n) is 14.9. The van der Waals surface area contributed by atoms with E-state index in [9.17, 15) is 26.4 Å². The number of benzene rings is 1. The van der Waals surface area contributed by atoms with Crippen molar-refractivity contribution >= 4 is 56.3 Å². The zero-order chi connectivity index (χ0) is 23.0. The molecule has 0 aliphatic carbocycles.